The van der Waals surface area contributed by atoms with Crippen molar-refractivity contribution >= 4 is 28.4 Å². The van der Waals surface area contributed by atoms with Crippen LogP contribution in [0.2, 0.25) is 0 Å². The van der Waals surface area contributed by atoms with E-state index in [4.69, 9.17) is 31.2 Å². The number of thioether (sulfide) groups is 1. The predicted octanol–water partition coefficient (Wildman–Crippen LogP) is 3.00. The lowest BCUT2D eigenvalue weighted by Gasteiger charge is -2.19. The largest absolute Gasteiger partial charge is 0.472 e. The van der Waals surface area contributed by atoms with Gasteiger partial charge in [-0.1, -0.05) is 42.1 Å². The predicted molar refractivity (Wildman–Crippen MR) is 87.4 cm³/mol. The van der Waals surface area contributed by atoms with Crippen LogP contribution in [0, 0.1) is 0 Å². The molecule has 1 aliphatic heterocycles. The quantitative estimate of drug-likeness (QED) is 0.747. The maximum Gasteiger partial charge on any atom is 0.220 e. The Labute approximate surface area is 135 Å². The fourth-order valence-corrected chi connectivity index (χ4v) is 2.48. The molecule has 3 atom stereocenters. The molecule has 1 saturated heterocycles. The van der Waals surface area contributed by atoms with Gasteiger partial charge in [0.2, 0.25) is 4.38 Å². The third-order valence-corrected chi connectivity index (χ3v) is 4.26. The van der Waals surface area contributed by atoms with Crippen molar-refractivity contribution in [3.05, 3.63) is 35.9 Å². The molecule has 1 aromatic rings. The molecule has 1 fully saturated rings. The van der Waals surface area contributed by atoms with Crippen LogP contribution < -0.4 is 0 Å². The van der Waals surface area contributed by atoms with Crippen molar-refractivity contribution in [3.63, 3.8) is 0 Å². The van der Waals surface area contributed by atoms with Crippen LogP contribution >= 0.6 is 24.0 Å². The van der Waals surface area contributed by atoms with Gasteiger partial charge in [-0.05, 0) is 24.0 Å². The Balaban J connectivity index is 1.82. The Morgan fingerprint density at radius 1 is 1.38 bits per heavy atom. The lowest BCUT2D eigenvalue weighted by atomic mass is 10.2. The number of rotatable bonds is 6. The highest BCUT2D eigenvalue weighted by atomic mass is 32.2. The summed E-state index contributed by atoms with van der Waals surface area (Å²) in [6.45, 7) is 1.01. The Morgan fingerprint density at radius 3 is 2.81 bits per heavy atom. The second-order valence-electron chi connectivity index (χ2n) is 4.69. The van der Waals surface area contributed by atoms with Gasteiger partial charge < -0.3 is 18.9 Å². The number of hydrogen-bond acceptors (Lipinski definition) is 6. The number of hydrogen-bond donors (Lipinski definition) is 0. The second-order valence-corrected chi connectivity index (χ2v) is 6.09. The van der Waals surface area contributed by atoms with Gasteiger partial charge in [0.05, 0.1) is 13.2 Å². The van der Waals surface area contributed by atoms with Crippen LogP contribution in [0.25, 0.3) is 0 Å². The maximum absolute atomic E-state index is 5.77. The summed E-state index contributed by atoms with van der Waals surface area (Å²) in [5, 5.41) is 0. The van der Waals surface area contributed by atoms with Gasteiger partial charge in [0, 0.05) is 13.5 Å². The molecular weight excluding hydrogens is 308 g/mol. The summed E-state index contributed by atoms with van der Waals surface area (Å²) in [6, 6.07) is 10.0. The Bertz CT molecular complexity index is 441. The van der Waals surface area contributed by atoms with Gasteiger partial charge in [0.25, 0.3) is 0 Å². The first-order valence-corrected chi connectivity index (χ1v) is 8.40. The summed E-state index contributed by atoms with van der Waals surface area (Å²) in [5.74, 6) is 0. The molecule has 0 N–H and O–H groups in total. The van der Waals surface area contributed by atoms with E-state index in [1.54, 1.807) is 7.11 Å². The van der Waals surface area contributed by atoms with Crippen LogP contribution in [0.3, 0.4) is 0 Å². The van der Waals surface area contributed by atoms with Gasteiger partial charge in [-0.2, -0.15) is 0 Å². The molecule has 0 amide bonds. The number of benzene rings is 1. The first-order valence-electron chi connectivity index (χ1n) is 6.77. The normalized spacial score (nSPS) is 25.0. The molecule has 0 radical (unpaired) electrons. The van der Waals surface area contributed by atoms with Gasteiger partial charge in [-0.25, -0.2) is 0 Å². The van der Waals surface area contributed by atoms with Crippen LogP contribution in [0.1, 0.15) is 12.0 Å². The molecule has 1 aromatic carbocycles. The first-order chi connectivity index (χ1) is 10.2. The van der Waals surface area contributed by atoms with Crippen molar-refractivity contribution in [2.24, 2.45) is 0 Å². The minimum Gasteiger partial charge on any atom is -0.472 e. The molecule has 0 aromatic heterocycles. The molecule has 2 rings (SSSR count). The lowest BCUT2D eigenvalue weighted by molar-refractivity contribution is -0.133. The standard InChI is InChI=1S/C15H20O4S2/c1-16-14-8-12(19-15(20)21-2)13(18-14)10-17-9-11-6-4-3-5-7-11/h3-7,12-14H,8-10H2,1-2H3/t12-,13+,14?/m0/s1. The monoisotopic (exact) mass is 328 g/mol. The van der Waals surface area contributed by atoms with E-state index >= 15 is 0 Å². The molecule has 1 unspecified atom stereocenters. The van der Waals surface area contributed by atoms with Crippen LogP contribution in [0.5, 0.6) is 0 Å². The molecule has 0 spiro atoms. The third kappa shape index (κ3) is 5.23. The van der Waals surface area contributed by atoms with Gasteiger partial charge >= 0.3 is 0 Å². The molecule has 0 bridgehead atoms. The van der Waals surface area contributed by atoms with Crippen LogP contribution in [-0.4, -0.2) is 42.9 Å². The summed E-state index contributed by atoms with van der Waals surface area (Å²) in [4.78, 5) is 0. The van der Waals surface area contributed by atoms with Crippen molar-refractivity contribution in [3.8, 4) is 0 Å². The minimum atomic E-state index is -0.259. The first kappa shape index (κ1) is 16.7. The van der Waals surface area contributed by atoms with Crippen LogP contribution in [0.15, 0.2) is 30.3 Å². The van der Waals surface area contributed by atoms with E-state index in [2.05, 4.69) is 0 Å². The van der Waals surface area contributed by atoms with Crippen molar-refractivity contribution in [2.75, 3.05) is 20.0 Å². The number of thiocarbonyl (C=S) groups is 1. The highest BCUT2D eigenvalue weighted by molar-refractivity contribution is 8.22. The van der Waals surface area contributed by atoms with Crippen molar-refractivity contribution in [2.45, 2.75) is 31.5 Å². The van der Waals surface area contributed by atoms with Crippen LogP contribution in [0.4, 0.5) is 0 Å². The zero-order valence-electron chi connectivity index (χ0n) is 12.2. The van der Waals surface area contributed by atoms with E-state index < -0.39 is 0 Å². The average Bonchev–Trinajstić information content (AvgIpc) is 2.90. The smallest absolute Gasteiger partial charge is 0.220 e. The maximum atomic E-state index is 5.77. The van der Waals surface area contributed by atoms with Gasteiger partial charge in [-0.15, -0.1) is 0 Å². The van der Waals surface area contributed by atoms with E-state index in [1.165, 1.54) is 11.8 Å². The van der Waals surface area contributed by atoms with Gasteiger partial charge in [0.15, 0.2) is 6.29 Å². The molecule has 1 heterocycles. The van der Waals surface area contributed by atoms with E-state index in [-0.39, 0.29) is 18.5 Å². The molecule has 0 saturated carbocycles. The molecular formula is C15H20O4S2. The van der Waals surface area contributed by atoms with Gasteiger partial charge in [-0.3, -0.25) is 0 Å². The van der Waals surface area contributed by atoms with Crippen molar-refractivity contribution < 1.29 is 18.9 Å². The number of ether oxygens (including phenoxy) is 4. The molecule has 21 heavy (non-hydrogen) atoms. The highest BCUT2D eigenvalue weighted by Gasteiger charge is 2.37. The van der Waals surface area contributed by atoms with Crippen molar-refractivity contribution in [1.82, 2.24) is 0 Å². The average molecular weight is 328 g/mol. The van der Waals surface area contributed by atoms with Crippen molar-refractivity contribution in [1.29, 1.82) is 0 Å². The topological polar surface area (TPSA) is 36.9 Å². The summed E-state index contributed by atoms with van der Waals surface area (Å²) in [6.07, 6.45) is 2.02. The van der Waals surface area contributed by atoms with E-state index in [0.717, 1.165) is 5.56 Å². The van der Waals surface area contributed by atoms with Crippen LogP contribution in [-0.2, 0) is 25.6 Å². The fourth-order valence-electron chi connectivity index (χ4n) is 2.14. The van der Waals surface area contributed by atoms with E-state index in [0.29, 0.717) is 24.0 Å². The summed E-state index contributed by atoms with van der Waals surface area (Å²) >= 11 is 6.53. The zero-order chi connectivity index (χ0) is 15.1. The molecule has 116 valence electrons. The second kappa shape index (κ2) is 8.70. The Morgan fingerprint density at radius 2 is 2.14 bits per heavy atom. The minimum absolute atomic E-state index is 0.120. The molecule has 4 nitrogen and oxygen atoms in total. The van der Waals surface area contributed by atoms with E-state index in [9.17, 15) is 0 Å². The SMILES string of the molecule is COC1C[C@H](OC(=S)SC)[C@@H](COCc2ccccc2)O1. The van der Waals surface area contributed by atoms with E-state index in [1.807, 2.05) is 36.6 Å². The molecule has 1 aliphatic rings. The summed E-state index contributed by atoms with van der Waals surface area (Å²) < 4.78 is 23.0. The zero-order valence-corrected chi connectivity index (χ0v) is 13.8. The number of methoxy groups -OCH3 is 1. The Hall–Kier alpha value is -0.660. The fraction of sp³-hybridized carbons (Fsp3) is 0.533. The lowest BCUT2D eigenvalue weighted by Crippen LogP contribution is -2.30. The van der Waals surface area contributed by atoms with Gasteiger partial charge in [0.1, 0.15) is 12.2 Å². The Kier molecular flexibility index (Phi) is 6.92. The molecule has 6 heteroatoms. The molecule has 0 aliphatic carbocycles. The third-order valence-electron chi connectivity index (χ3n) is 3.24. The summed E-state index contributed by atoms with van der Waals surface area (Å²) in [5.41, 5.74) is 1.14. The highest BCUT2D eigenvalue weighted by Crippen LogP contribution is 2.25. The summed E-state index contributed by atoms with van der Waals surface area (Å²) in [7, 11) is 1.63.